The standard InChI is InChI=1S/C11H14N6O/c1-12-9-15-10(17-11(16-9)18-2)14-7-8-5-3-4-6-13-8/h3-6H,7H2,1-2H3,(H2,12,14,15,16,17). The minimum absolute atomic E-state index is 0.262. The van der Waals surface area contributed by atoms with Gasteiger partial charge in [-0.3, -0.25) is 4.98 Å². The van der Waals surface area contributed by atoms with Crippen LogP contribution in [0.3, 0.4) is 0 Å². The Morgan fingerprint density at radius 3 is 2.67 bits per heavy atom. The van der Waals surface area contributed by atoms with E-state index in [-0.39, 0.29) is 6.01 Å². The maximum Gasteiger partial charge on any atom is 0.322 e. The SMILES string of the molecule is CNc1nc(NCc2ccccn2)nc(OC)n1. The molecule has 2 aromatic rings. The van der Waals surface area contributed by atoms with Crippen molar-refractivity contribution in [2.75, 3.05) is 24.8 Å². The molecule has 0 fully saturated rings. The molecule has 18 heavy (non-hydrogen) atoms. The lowest BCUT2D eigenvalue weighted by Crippen LogP contribution is -2.09. The summed E-state index contributed by atoms with van der Waals surface area (Å²) in [5.41, 5.74) is 0.905. The predicted octanol–water partition coefficient (Wildman–Crippen LogP) is 0.929. The molecule has 0 saturated heterocycles. The molecule has 0 aromatic carbocycles. The average Bonchev–Trinajstić information content (AvgIpc) is 2.45. The van der Waals surface area contributed by atoms with Crippen LogP contribution in [-0.4, -0.2) is 34.1 Å². The number of methoxy groups -OCH3 is 1. The van der Waals surface area contributed by atoms with E-state index in [1.54, 1.807) is 13.2 Å². The van der Waals surface area contributed by atoms with Gasteiger partial charge >= 0.3 is 6.01 Å². The quantitative estimate of drug-likeness (QED) is 0.811. The largest absolute Gasteiger partial charge is 0.467 e. The molecular weight excluding hydrogens is 232 g/mol. The number of nitrogens with one attached hydrogen (secondary N) is 2. The zero-order valence-corrected chi connectivity index (χ0v) is 10.2. The number of anilines is 2. The van der Waals surface area contributed by atoms with E-state index in [0.717, 1.165) is 5.69 Å². The van der Waals surface area contributed by atoms with Crippen LogP contribution in [-0.2, 0) is 6.54 Å². The first kappa shape index (κ1) is 12.0. The Kier molecular flexibility index (Phi) is 3.85. The van der Waals surface area contributed by atoms with Gasteiger partial charge in [0.25, 0.3) is 0 Å². The van der Waals surface area contributed by atoms with Crippen molar-refractivity contribution in [3.8, 4) is 6.01 Å². The van der Waals surface area contributed by atoms with Crippen molar-refractivity contribution in [3.63, 3.8) is 0 Å². The average molecular weight is 246 g/mol. The third-order valence-corrected chi connectivity index (χ3v) is 2.17. The summed E-state index contributed by atoms with van der Waals surface area (Å²) in [7, 11) is 3.24. The Labute approximate surface area is 105 Å². The normalized spacial score (nSPS) is 9.89. The van der Waals surface area contributed by atoms with E-state index in [9.17, 15) is 0 Å². The van der Waals surface area contributed by atoms with Crippen molar-refractivity contribution in [1.29, 1.82) is 0 Å². The van der Waals surface area contributed by atoms with Crippen LogP contribution in [0.1, 0.15) is 5.69 Å². The Balaban J connectivity index is 2.09. The van der Waals surface area contributed by atoms with Crippen molar-refractivity contribution in [2.45, 2.75) is 6.54 Å². The minimum Gasteiger partial charge on any atom is -0.467 e. The Morgan fingerprint density at radius 2 is 2.00 bits per heavy atom. The molecule has 94 valence electrons. The van der Waals surface area contributed by atoms with E-state index in [1.807, 2.05) is 18.2 Å². The van der Waals surface area contributed by atoms with Gasteiger partial charge in [0.1, 0.15) is 0 Å². The lowest BCUT2D eigenvalue weighted by Gasteiger charge is -2.07. The first-order chi connectivity index (χ1) is 8.81. The van der Waals surface area contributed by atoms with Crippen LogP contribution in [0.4, 0.5) is 11.9 Å². The number of aromatic nitrogens is 4. The van der Waals surface area contributed by atoms with E-state index in [2.05, 4.69) is 30.6 Å². The summed E-state index contributed by atoms with van der Waals surface area (Å²) in [4.78, 5) is 16.5. The molecule has 0 aliphatic carbocycles. The van der Waals surface area contributed by atoms with Crippen LogP contribution in [0.25, 0.3) is 0 Å². The van der Waals surface area contributed by atoms with E-state index in [1.165, 1.54) is 7.11 Å². The molecular formula is C11H14N6O. The summed E-state index contributed by atoms with van der Waals surface area (Å²) in [6.45, 7) is 0.539. The van der Waals surface area contributed by atoms with Gasteiger partial charge in [-0.25, -0.2) is 0 Å². The molecule has 7 heteroatoms. The number of rotatable bonds is 5. The second-order valence-electron chi connectivity index (χ2n) is 3.39. The molecule has 0 unspecified atom stereocenters. The van der Waals surface area contributed by atoms with Gasteiger partial charge < -0.3 is 15.4 Å². The Morgan fingerprint density at radius 1 is 1.17 bits per heavy atom. The van der Waals surface area contributed by atoms with E-state index < -0.39 is 0 Å². The van der Waals surface area contributed by atoms with Crippen molar-refractivity contribution < 1.29 is 4.74 Å². The third-order valence-electron chi connectivity index (χ3n) is 2.17. The first-order valence-electron chi connectivity index (χ1n) is 5.43. The molecule has 0 radical (unpaired) electrons. The number of ether oxygens (including phenoxy) is 1. The molecule has 0 atom stereocenters. The van der Waals surface area contributed by atoms with Crippen LogP contribution in [0.2, 0.25) is 0 Å². The van der Waals surface area contributed by atoms with Gasteiger partial charge in [0.15, 0.2) is 0 Å². The monoisotopic (exact) mass is 246 g/mol. The van der Waals surface area contributed by atoms with Crippen LogP contribution < -0.4 is 15.4 Å². The van der Waals surface area contributed by atoms with Gasteiger partial charge in [-0.05, 0) is 12.1 Å². The third kappa shape index (κ3) is 3.03. The molecule has 2 rings (SSSR count). The predicted molar refractivity (Wildman–Crippen MR) is 67.5 cm³/mol. The van der Waals surface area contributed by atoms with Gasteiger partial charge in [0, 0.05) is 13.2 Å². The van der Waals surface area contributed by atoms with Crippen molar-refractivity contribution in [1.82, 2.24) is 19.9 Å². The Bertz CT molecular complexity index is 482. The van der Waals surface area contributed by atoms with Crippen molar-refractivity contribution in [3.05, 3.63) is 30.1 Å². The highest BCUT2D eigenvalue weighted by molar-refractivity contribution is 5.35. The summed E-state index contributed by atoms with van der Waals surface area (Å²) in [5, 5.41) is 5.91. The van der Waals surface area contributed by atoms with E-state index in [0.29, 0.717) is 18.4 Å². The highest BCUT2D eigenvalue weighted by atomic mass is 16.5. The number of pyridine rings is 1. The zero-order valence-electron chi connectivity index (χ0n) is 10.2. The van der Waals surface area contributed by atoms with Gasteiger partial charge in [0.05, 0.1) is 19.3 Å². The van der Waals surface area contributed by atoms with Crippen LogP contribution in [0, 0.1) is 0 Å². The molecule has 0 spiro atoms. The maximum absolute atomic E-state index is 4.99. The second-order valence-corrected chi connectivity index (χ2v) is 3.39. The molecule has 0 saturated carbocycles. The molecule has 2 N–H and O–H groups in total. The second kappa shape index (κ2) is 5.76. The number of nitrogens with zero attached hydrogens (tertiary/aromatic N) is 4. The van der Waals surface area contributed by atoms with Crippen molar-refractivity contribution in [2.24, 2.45) is 0 Å². The molecule has 2 aromatic heterocycles. The Hall–Kier alpha value is -2.44. The highest BCUT2D eigenvalue weighted by Gasteiger charge is 2.05. The molecule has 0 aliphatic heterocycles. The first-order valence-corrected chi connectivity index (χ1v) is 5.43. The summed E-state index contributed by atoms with van der Waals surface area (Å²) in [5.74, 6) is 0.891. The summed E-state index contributed by atoms with van der Waals surface area (Å²) in [6, 6.07) is 5.98. The number of hydrogen-bond acceptors (Lipinski definition) is 7. The fraction of sp³-hybridized carbons (Fsp3) is 0.273. The maximum atomic E-state index is 4.99. The van der Waals surface area contributed by atoms with Crippen LogP contribution in [0.5, 0.6) is 6.01 Å². The summed E-state index contributed by atoms with van der Waals surface area (Å²) in [6.07, 6.45) is 1.74. The fourth-order valence-corrected chi connectivity index (χ4v) is 1.31. The van der Waals surface area contributed by atoms with E-state index >= 15 is 0 Å². The van der Waals surface area contributed by atoms with Crippen LogP contribution >= 0.6 is 0 Å². The molecule has 7 nitrogen and oxygen atoms in total. The minimum atomic E-state index is 0.262. The van der Waals surface area contributed by atoms with Gasteiger partial charge in [0.2, 0.25) is 11.9 Å². The van der Waals surface area contributed by atoms with Crippen LogP contribution in [0.15, 0.2) is 24.4 Å². The highest BCUT2D eigenvalue weighted by Crippen LogP contribution is 2.10. The lowest BCUT2D eigenvalue weighted by molar-refractivity contribution is 0.379. The van der Waals surface area contributed by atoms with Crippen molar-refractivity contribution >= 4 is 11.9 Å². The summed E-state index contributed by atoms with van der Waals surface area (Å²) >= 11 is 0. The molecule has 0 aliphatic rings. The van der Waals surface area contributed by atoms with Gasteiger partial charge in [-0.1, -0.05) is 6.07 Å². The van der Waals surface area contributed by atoms with Gasteiger partial charge in [-0.2, -0.15) is 15.0 Å². The van der Waals surface area contributed by atoms with Gasteiger partial charge in [-0.15, -0.1) is 0 Å². The zero-order chi connectivity index (χ0) is 12.8. The fourth-order valence-electron chi connectivity index (χ4n) is 1.31. The lowest BCUT2D eigenvalue weighted by atomic mass is 10.3. The number of hydrogen-bond donors (Lipinski definition) is 2. The van der Waals surface area contributed by atoms with E-state index in [4.69, 9.17) is 4.74 Å². The topological polar surface area (TPSA) is 84.9 Å². The molecule has 0 amide bonds. The molecule has 2 heterocycles. The smallest absolute Gasteiger partial charge is 0.322 e. The summed E-state index contributed by atoms with van der Waals surface area (Å²) < 4.78 is 4.99. The molecule has 0 bridgehead atoms.